The predicted octanol–water partition coefficient (Wildman–Crippen LogP) is 10.6. The summed E-state index contributed by atoms with van der Waals surface area (Å²) in [7, 11) is 0. The van der Waals surface area contributed by atoms with Gasteiger partial charge in [-0.3, -0.25) is 0 Å². The summed E-state index contributed by atoms with van der Waals surface area (Å²) in [5.74, 6) is 3.17. The standard InChI is InChI=1S/C32H41F5O/c1-2-3-4-23-7-13-26(14-8-23)27-15-9-24(10-16-27)5-6-25-11-17-29(18-12-25)32(36,37)38-30-21-19-28(20-22-30)31(33,34)35/h11-12,17-24,26-27H,2-10,13-16H2,1H3. The fourth-order valence-electron chi connectivity index (χ4n) is 6.54. The van der Waals surface area contributed by atoms with Crippen LogP contribution < -0.4 is 4.74 Å². The van der Waals surface area contributed by atoms with Crippen LogP contribution in [0.1, 0.15) is 101 Å². The fraction of sp³-hybridized carbons (Fsp3) is 0.625. The van der Waals surface area contributed by atoms with Crippen LogP contribution in [0.4, 0.5) is 22.0 Å². The normalized spacial score (nSPS) is 24.8. The Labute approximate surface area is 224 Å². The van der Waals surface area contributed by atoms with Gasteiger partial charge in [-0.05, 0) is 104 Å². The lowest BCUT2D eigenvalue weighted by molar-refractivity contribution is -0.185. The maximum absolute atomic E-state index is 14.6. The highest BCUT2D eigenvalue weighted by atomic mass is 19.4. The van der Waals surface area contributed by atoms with Gasteiger partial charge in [0, 0.05) is 0 Å². The zero-order valence-corrected chi connectivity index (χ0v) is 22.4. The second-order valence-corrected chi connectivity index (χ2v) is 11.6. The first-order chi connectivity index (χ1) is 18.1. The Morgan fingerprint density at radius 1 is 0.658 bits per heavy atom. The molecule has 0 radical (unpaired) electrons. The Hall–Kier alpha value is -2.11. The van der Waals surface area contributed by atoms with E-state index in [1.807, 2.05) is 0 Å². The van der Waals surface area contributed by atoms with E-state index in [1.165, 1.54) is 82.8 Å². The number of hydrogen-bond donors (Lipinski definition) is 0. The molecule has 0 aromatic heterocycles. The number of rotatable bonds is 10. The minimum atomic E-state index is -4.52. The van der Waals surface area contributed by atoms with Gasteiger partial charge in [-0.15, -0.1) is 0 Å². The topological polar surface area (TPSA) is 9.23 Å². The first-order valence-electron chi connectivity index (χ1n) is 14.5. The molecule has 2 aliphatic rings. The average molecular weight is 537 g/mol. The first kappa shape index (κ1) is 28.9. The van der Waals surface area contributed by atoms with Crippen molar-refractivity contribution in [2.24, 2.45) is 23.7 Å². The van der Waals surface area contributed by atoms with Gasteiger partial charge in [0.2, 0.25) is 0 Å². The summed E-state index contributed by atoms with van der Waals surface area (Å²) >= 11 is 0. The summed E-state index contributed by atoms with van der Waals surface area (Å²) in [5, 5.41) is 0. The third-order valence-electron chi connectivity index (χ3n) is 8.97. The minimum Gasteiger partial charge on any atom is -0.429 e. The summed E-state index contributed by atoms with van der Waals surface area (Å²) in [5.41, 5.74) is -0.200. The van der Waals surface area contributed by atoms with Gasteiger partial charge in [0.1, 0.15) is 5.75 Å². The van der Waals surface area contributed by atoms with Crippen molar-refractivity contribution in [2.45, 2.75) is 103 Å². The lowest BCUT2D eigenvalue weighted by atomic mass is 9.68. The molecule has 2 aromatic rings. The van der Waals surface area contributed by atoms with E-state index in [9.17, 15) is 22.0 Å². The van der Waals surface area contributed by atoms with Crippen LogP contribution in [0, 0.1) is 23.7 Å². The number of ether oxygens (including phenoxy) is 1. The smallest absolute Gasteiger partial charge is 0.426 e. The van der Waals surface area contributed by atoms with Crippen molar-refractivity contribution in [3.63, 3.8) is 0 Å². The molecule has 2 aliphatic carbocycles. The van der Waals surface area contributed by atoms with E-state index in [0.29, 0.717) is 5.92 Å². The molecule has 0 saturated heterocycles. The molecule has 0 spiro atoms. The van der Waals surface area contributed by atoms with Crippen molar-refractivity contribution in [1.82, 2.24) is 0 Å². The molecular formula is C32H41F5O. The van der Waals surface area contributed by atoms with Crippen molar-refractivity contribution in [1.29, 1.82) is 0 Å². The summed E-state index contributed by atoms with van der Waals surface area (Å²) in [6.07, 6.45) is 8.80. The molecule has 210 valence electrons. The maximum Gasteiger partial charge on any atom is 0.426 e. The first-order valence-corrected chi connectivity index (χ1v) is 14.5. The molecule has 2 fully saturated rings. The van der Waals surface area contributed by atoms with Crippen LogP contribution in [0.5, 0.6) is 5.75 Å². The molecule has 0 aliphatic heterocycles. The Bertz CT molecular complexity index is 966. The fourth-order valence-corrected chi connectivity index (χ4v) is 6.54. The Kier molecular flexibility index (Phi) is 9.75. The second-order valence-electron chi connectivity index (χ2n) is 11.6. The number of aryl methyl sites for hydroxylation is 1. The van der Waals surface area contributed by atoms with E-state index in [1.54, 1.807) is 12.1 Å². The minimum absolute atomic E-state index is 0.313. The third-order valence-corrected chi connectivity index (χ3v) is 8.97. The van der Waals surface area contributed by atoms with Gasteiger partial charge in [-0.25, -0.2) is 0 Å². The van der Waals surface area contributed by atoms with E-state index in [2.05, 4.69) is 6.92 Å². The quantitative estimate of drug-likeness (QED) is 0.274. The molecule has 0 bridgehead atoms. The molecule has 0 atom stereocenters. The highest BCUT2D eigenvalue weighted by molar-refractivity contribution is 5.31. The van der Waals surface area contributed by atoms with Crippen LogP contribution in [0.25, 0.3) is 0 Å². The molecule has 6 heteroatoms. The Morgan fingerprint density at radius 3 is 1.66 bits per heavy atom. The highest BCUT2D eigenvalue weighted by Crippen LogP contribution is 2.43. The Balaban J connectivity index is 1.20. The van der Waals surface area contributed by atoms with Crippen LogP contribution in [-0.2, 0) is 18.7 Å². The molecule has 4 rings (SSSR count). The van der Waals surface area contributed by atoms with Crippen molar-refractivity contribution >= 4 is 0 Å². The number of alkyl halides is 5. The van der Waals surface area contributed by atoms with Crippen LogP contribution in [0.2, 0.25) is 0 Å². The van der Waals surface area contributed by atoms with Gasteiger partial charge in [-0.1, -0.05) is 64.0 Å². The van der Waals surface area contributed by atoms with Crippen molar-refractivity contribution in [3.8, 4) is 5.75 Å². The van der Waals surface area contributed by atoms with Gasteiger partial charge in [-0.2, -0.15) is 22.0 Å². The highest BCUT2D eigenvalue weighted by Gasteiger charge is 2.36. The number of benzene rings is 2. The summed E-state index contributed by atoms with van der Waals surface area (Å²) < 4.78 is 72.0. The largest absolute Gasteiger partial charge is 0.429 e. The van der Waals surface area contributed by atoms with Gasteiger partial charge in [0.15, 0.2) is 0 Å². The maximum atomic E-state index is 14.6. The average Bonchev–Trinajstić information content (AvgIpc) is 2.91. The van der Waals surface area contributed by atoms with Crippen LogP contribution >= 0.6 is 0 Å². The lowest BCUT2D eigenvalue weighted by Gasteiger charge is -2.38. The van der Waals surface area contributed by atoms with Gasteiger partial charge in [0.25, 0.3) is 0 Å². The summed E-state index contributed by atoms with van der Waals surface area (Å²) in [6.45, 7) is 2.28. The van der Waals surface area contributed by atoms with Crippen molar-refractivity contribution in [3.05, 3.63) is 65.2 Å². The van der Waals surface area contributed by atoms with E-state index in [4.69, 9.17) is 4.74 Å². The molecular weight excluding hydrogens is 495 g/mol. The van der Waals surface area contributed by atoms with Gasteiger partial charge in [0.05, 0.1) is 11.1 Å². The molecule has 0 unspecified atom stereocenters. The SMILES string of the molecule is CCCCC1CCC(C2CCC(CCc3ccc(C(F)(F)Oc4ccc(C(F)(F)F)cc4)cc3)CC2)CC1. The van der Waals surface area contributed by atoms with Crippen LogP contribution in [0.15, 0.2) is 48.5 Å². The van der Waals surface area contributed by atoms with Crippen molar-refractivity contribution in [2.75, 3.05) is 0 Å². The van der Waals surface area contributed by atoms with Gasteiger partial charge < -0.3 is 4.74 Å². The third kappa shape index (κ3) is 7.95. The molecule has 2 saturated carbocycles. The predicted molar refractivity (Wildman–Crippen MR) is 141 cm³/mol. The molecule has 0 amide bonds. The van der Waals surface area contributed by atoms with Crippen LogP contribution in [0.3, 0.4) is 0 Å². The molecule has 38 heavy (non-hydrogen) atoms. The molecule has 1 nitrogen and oxygen atoms in total. The monoisotopic (exact) mass is 536 g/mol. The van der Waals surface area contributed by atoms with E-state index in [-0.39, 0.29) is 11.3 Å². The summed E-state index contributed by atoms with van der Waals surface area (Å²) in [6, 6.07) is 9.43. The lowest BCUT2D eigenvalue weighted by Crippen LogP contribution is -2.26. The van der Waals surface area contributed by atoms with E-state index >= 15 is 0 Å². The van der Waals surface area contributed by atoms with Crippen LogP contribution in [-0.4, -0.2) is 0 Å². The summed E-state index contributed by atoms with van der Waals surface area (Å²) in [4.78, 5) is 0. The Morgan fingerprint density at radius 2 is 1.16 bits per heavy atom. The van der Waals surface area contributed by atoms with E-state index < -0.39 is 17.8 Å². The molecule has 0 heterocycles. The zero-order chi connectivity index (χ0) is 27.2. The van der Waals surface area contributed by atoms with E-state index in [0.717, 1.165) is 60.4 Å². The number of unbranched alkanes of at least 4 members (excludes halogenated alkanes) is 1. The number of hydrogen-bond acceptors (Lipinski definition) is 1. The van der Waals surface area contributed by atoms with Crippen molar-refractivity contribution < 1.29 is 26.7 Å². The zero-order valence-electron chi connectivity index (χ0n) is 22.4. The molecule has 2 aromatic carbocycles. The molecule has 0 N–H and O–H groups in total. The second kappa shape index (κ2) is 12.8. The van der Waals surface area contributed by atoms with Gasteiger partial charge >= 0.3 is 12.3 Å². The number of halogens is 5.